The van der Waals surface area contributed by atoms with Gasteiger partial charge in [0.2, 0.25) is 5.91 Å². The highest BCUT2D eigenvalue weighted by molar-refractivity contribution is 5.76. The Hall–Kier alpha value is -0.570. The minimum Gasteiger partial charge on any atom is -0.343 e. The first kappa shape index (κ1) is 10.5. The zero-order chi connectivity index (χ0) is 9.84. The van der Waals surface area contributed by atoms with Gasteiger partial charge in [0.25, 0.3) is 0 Å². The predicted octanol–water partition coefficient (Wildman–Crippen LogP) is 0.982. The first-order valence-electron chi connectivity index (χ1n) is 5.13. The number of nitrogens with zero attached hydrogens (tertiary/aromatic N) is 1. The second-order valence-electron chi connectivity index (χ2n) is 4.32. The van der Waals surface area contributed by atoms with Gasteiger partial charge in [-0.1, -0.05) is 13.8 Å². The largest absolute Gasteiger partial charge is 0.343 e. The van der Waals surface area contributed by atoms with Crippen molar-refractivity contribution in [3.05, 3.63) is 0 Å². The van der Waals surface area contributed by atoms with Crippen LogP contribution in [0.4, 0.5) is 0 Å². The highest BCUT2D eigenvalue weighted by Crippen LogP contribution is 2.11. The van der Waals surface area contributed by atoms with Crippen molar-refractivity contribution in [1.82, 2.24) is 4.90 Å². The Labute approximate surface area is 80.3 Å². The number of nitrogens with two attached hydrogens (primary N) is 1. The van der Waals surface area contributed by atoms with Crippen molar-refractivity contribution in [3.63, 3.8) is 0 Å². The van der Waals surface area contributed by atoms with Gasteiger partial charge in [-0.3, -0.25) is 4.79 Å². The predicted molar refractivity (Wildman–Crippen MR) is 53.2 cm³/mol. The van der Waals surface area contributed by atoms with Crippen molar-refractivity contribution in [3.8, 4) is 0 Å². The summed E-state index contributed by atoms with van der Waals surface area (Å²) in [5.41, 5.74) is 5.76. The van der Waals surface area contributed by atoms with Crippen molar-refractivity contribution >= 4 is 5.91 Å². The maximum Gasteiger partial charge on any atom is 0.222 e. The Kier molecular flexibility index (Phi) is 3.72. The highest BCUT2D eigenvalue weighted by atomic mass is 16.2. The molecule has 1 amide bonds. The summed E-state index contributed by atoms with van der Waals surface area (Å²) in [4.78, 5) is 13.5. The molecule has 1 heterocycles. The Balaban J connectivity index is 2.31. The van der Waals surface area contributed by atoms with E-state index in [0.717, 1.165) is 25.9 Å². The van der Waals surface area contributed by atoms with Crippen LogP contribution in [0.3, 0.4) is 0 Å². The van der Waals surface area contributed by atoms with Gasteiger partial charge in [-0.05, 0) is 18.8 Å². The third-order valence-electron chi connectivity index (χ3n) is 2.48. The van der Waals surface area contributed by atoms with Gasteiger partial charge in [0, 0.05) is 25.6 Å². The lowest BCUT2D eigenvalue weighted by Gasteiger charge is -2.30. The molecule has 0 aromatic rings. The number of piperidine rings is 1. The van der Waals surface area contributed by atoms with Gasteiger partial charge in [-0.15, -0.1) is 0 Å². The quantitative estimate of drug-likeness (QED) is 0.695. The van der Waals surface area contributed by atoms with Gasteiger partial charge < -0.3 is 10.6 Å². The second kappa shape index (κ2) is 4.61. The van der Waals surface area contributed by atoms with Gasteiger partial charge in [-0.2, -0.15) is 0 Å². The number of hydrogen-bond acceptors (Lipinski definition) is 2. The molecule has 0 spiro atoms. The van der Waals surface area contributed by atoms with Crippen molar-refractivity contribution in [2.45, 2.75) is 39.2 Å². The molecule has 1 fully saturated rings. The van der Waals surface area contributed by atoms with E-state index in [2.05, 4.69) is 13.8 Å². The molecule has 3 nitrogen and oxygen atoms in total. The van der Waals surface area contributed by atoms with Crippen LogP contribution in [0, 0.1) is 5.92 Å². The molecule has 0 aromatic carbocycles. The standard InChI is InChI=1S/C10H20N2O/c1-8(2)7-10(13)12-5-3-9(11)4-6-12/h8-9H,3-7,11H2,1-2H3. The summed E-state index contributed by atoms with van der Waals surface area (Å²) in [7, 11) is 0. The summed E-state index contributed by atoms with van der Waals surface area (Å²) in [5.74, 6) is 0.755. The van der Waals surface area contributed by atoms with E-state index in [0.29, 0.717) is 24.3 Å². The molecule has 1 aliphatic rings. The van der Waals surface area contributed by atoms with Crippen molar-refractivity contribution in [2.24, 2.45) is 11.7 Å². The molecule has 13 heavy (non-hydrogen) atoms. The minimum absolute atomic E-state index is 0.293. The first-order valence-corrected chi connectivity index (χ1v) is 5.13. The maximum atomic E-state index is 11.6. The summed E-state index contributed by atoms with van der Waals surface area (Å²) in [6.45, 7) is 5.86. The molecule has 1 saturated heterocycles. The summed E-state index contributed by atoms with van der Waals surface area (Å²) in [6.07, 6.45) is 2.60. The van der Waals surface area contributed by atoms with Crippen LogP contribution in [0.2, 0.25) is 0 Å². The van der Waals surface area contributed by atoms with E-state index in [9.17, 15) is 4.79 Å². The molecule has 3 heteroatoms. The first-order chi connectivity index (χ1) is 6.09. The third kappa shape index (κ3) is 3.35. The molecule has 0 bridgehead atoms. The number of hydrogen-bond donors (Lipinski definition) is 1. The molecule has 0 aromatic heterocycles. The van der Waals surface area contributed by atoms with E-state index >= 15 is 0 Å². The normalized spacial score (nSPS) is 19.5. The Morgan fingerprint density at radius 2 is 2.00 bits per heavy atom. The van der Waals surface area contributed by atoms with Gasteiger partial charge in [0.15, 0.2) is 0 Å². The lowest BCUT2D eigenvalue weighted by atomic mass is 10.0. The Morgan fingerprint density at radius 1 is 1.46 bits per heavy atom. The number of rotatable bonds is 2. The molecule has 0 atom stereocenters. The topological polar surface area (TPSA) is 46.3 Å². The number of carbonyl (C=O) groups excluding carboxylic acids is 1. The van der Waals surface area contributed by atoms with Crippen LogP contribution in [-0.2, 0) is 4.79 Å². The molecule has 0 saturated carbocycles. The zero-order valence-corrected chi connectivity index (χ0v) is 8.62. The van der Waals surface area contributed by atoms with Crippen LogP contribution in [0.15, 0.2) is 0 Å². The zero-order valence-electron chi connectivity index (χ0n) is 8.62. The summed E-state index contributed by atoms with van der Waals surface area (Å²) in [6, 6.07) is 0.308. The van der Waals surface area contributed by atoms with Crippen LogP contribution >= 0.6 is 0 Å². The molecular weight excluding hydrogens is 164 g/mol. The summed E-state index contributed by atoms with van der Waals surface area (Å²) in [5, 5.41) is 0. The molecule has 1 rings (SSSR count). The third-order valence-corrected chi connectivity index (χ3v) is 2.48. The van der Waals surface area contributed by atoms with E-state index in [-0.39, 0.29) is 0 Å². The highest BCUT2D eigenvalue weighted by Gasteiger charge is 2.20. The van der Waals surface area contributed by atoms with Crippen LogP contribution in [0.25, 0.3) is 0 Å². The molecule has 2 N–H and O–H groups in total. The van der Waals surface area contributed by atoms with E-state index in [1.807, 2.05) is 4.90 Å². The van der Waals surface area contributed by atoms with Crippen LogP contribution in [0.1, 0.15) is 33.1 Å². The average Bonchev–Trinajstić information content (AvgIpc) is 2.04. The van der Waals surface area contributed by atoms with Crippen molar-refractivity contribution < 1.29 is 4.79 Å². The fourth-order valence-corrected chi connectivity index (χ4v) is 1.63. The lowest BCUT2D eigenvalue weighted by Crippen LogP contribution is -2.43. The van der Waals surface area contributed by atoms with E-state index < -0.39 is 0 Å². The van der Waals surface area contributed by atoms with Gasteiger partial charge in [-0.25, -0.2) is 0 Å². The van der Waals surface area contributed by atoms with Crippen molar-refractivity contribution in [1.29, 1.82) is 0 Å². The number of amides is 1. The fourth-order valence-electron chi connectivity index (χ4n) is 1.63. The average molecular weight is 184 g/mol. The molecule has 0 radical (unpaired) electrons. The van der Waals surface area contributed by atoms with Gasteiger partial charge >= 0.3 is 0 Å². The smallest absolute Gasteiger partial charge is 0.222 e. The second-order valence-corrected chi connectivity index (χ2v) is 4.32. The molecule has 1 aliphatic heterocycles. The molecular formula is C10H20N2O. The maximum absolute atomic E-state index is 11.6. The van der Waals surface area contributed by atoms with Crippen LogP contribution in [0.5, 0.6) is 0 Å². The van der Waals surface area contributed by atoms with E-state index in [1.165, 1.54) is 0 Å². The molecule has 0 unspecified atom stereocenters. The van der Waals surface area contributed by atoms with Crippen LogP contribution < -0.4 is 5.73 Å². The van der Waals surface area contributed by atoms with E-state index in [1.54, 1.807) is 0 Å². The monoisotopic (exact) mass is 184 g/mol. The van der Waals surface area contributed by atoms with Gasteiger partial charge in [0.05, 0.1) is 0 Å². The van der Waals surface area contributed by atoms with E-state index in [4.69, 9.17) is 5.73 Å². The summed E-state index contributed by atoms with van der Waals surface area (Å²) >= 11 is 0. The van der Waals surface area contributed by atoms with Crippen LogP contribution in [-0.4, -0.2) is 29.9 Å². The molecule has 0 aliphatic carbocycles. The summed E-state index contributed by atoms with van der Waals surface area (Å²) < 4.78 is 0. The van der Waals surface area contributed by atoms with Gasteiger partial charge in [0.1, 0.15) is 0 Å². The number of carbonyl (C=O) groups is 1. The minimum atomic E-state index is 0.293. The Bertz CT molecular complexity index is 172. The lowest BCUT2D eigenvalue weighted by molar-refractivity contribution is -0.132. The molecule has 76 valence electrons. The number of likely N-dealkylation sites (tertiary alicyclic amines) is 1. The fraction of sp³-hybridized carbons (Fsp3) is 0.900. The SMILES string of the molecule is CC(C)CC(=O)N1CCC(N)CC1. The Morgan fingerprint density at radius 3 is 2.46 bits per heavy atom. The van der Waals surface area contributed by atoms with Crippen molar-refractivity contribution in [2.75, 3.05) is 13.1 Å².